The summed E-state index contributed by atoms with van der Waals surface area (Å²) in [5, 5.41) is 15.9. The van der Waals surface area contributed by atoms with E-state index in [0.717, 1.165) is 18.5 Å². The van der Waals surface area contributed by atoms with Gasteiger partial charge >= 0.3 is 12.1 Å². The van der Waals surface area contributed by atoms with Crippen LogP contribution in [-0.4, -0.2) is 66.8 Å². The molecule has 1 fully saturated rings. The molecule has 3 aromatic rings. The predicted molar refractivity (Wildman–Crippen MR) is 141 cm³/mol. The Morgan fingerprint density at radius 3 is 2.66 bits per heavy atom. The summed E-state index contributed by atoms with van der Waals surface area (Å²) in [5.74, 6) is 0.287. The number of aromatic nitrogens is 4. The van der Waals surface area contributed by atoms with Crippen LogP contribution in [-0.2, 0) is 4.74 Å². The van der Waals surface area contributed by atoms with Crippen molar-refractivity contribution in [1.29, 1.82) is 0 Å². The van der Waals surface area contributed by atoms with Crippen molar-refractivity contribution >= 4 is 35.2 Å². The number of ether oxygens (including phenoxy) is 1. The lowest BCUT2D eigenvalue weighted by molar-refractivity contribution is 0.0172. The second-order valence-corrected chi connectivity index (χ2v) is 10.0. The number of aromatic carboxylic acids is 1. The van der Waals surface area contributed by atoms with Crippen molar-refractivity contribution in [2.45, 2.75) is 39.2 Å². The number of pyridine rings is 1. The van der Waals surface area contributed by atoms with Crippen molar-refractivity contribution in [2.75, 3.05) is 30.3 Å². The Balaban J connectivity index is 1.53. The number of nitrogens with zero attached hydrogens (tertiary/aromatic N) is 6. The highest BCUT2D eigenvalue weighted by Gasteiger charge is 2.27. The van der Waals surface area contributed by atoms with Crippen molar-refractivity contribution in [3.63, 3.8) is 0 Å². The first kappa shape index (κ1) is 26.4. The van der Waals surface area contributed by atoms with Gasteiger partial charge in [0.2, 0.25) is 0 Å². The summed E-state index contributed by atoms with van der Waals surface area (Å²) in [6.07, 6.45) is 9.16. The lowest BCUT2D eigenvalue weighted by Gasteiger charge is -2.34. The molecule has 0 saturated carbocycles. The van der Waals surface area contributed by atoms with Crippen LogP contribution in [0, 0.1) is 12.5 Å². The standard InChI is InChI=1S/C26H30N8O4/c1-26(2,3)38-25(37)34-8-5-6-17(15-34)11-28-19-10-21(32-23-14-30-22(27-4)13-31-23)29-12-20(19)33-9-7-18(16-33)24(35)36/h7,9-10,12-14,16-17H,5-6,8,11,15H2,1-3H3,(H,35,36)(H2,28,29,31,32). The largest absolute Gasteiger partial charge is 0.478 e. The molecule has 12 heteroatoms. The van der Waals surface area contributed by atoms with E-state index in [9.17, 15) is 14.7 Å². The van der Waals surface area contributed by atoms with E-state index in [1.54, 1.807) is 27.9 Å². The van der Waals surface area contributed by atoms with Gasteiger partial charge in [-0.15, -0.1) is 4.98 Å². The molecule has 198 valence electrons. The summed E-state index contributed by atoms with van der Waals surface area (Å²) in [6.45, 7) is 14.4. The van der Waals surface area contributed by atoms with Crippen molar-refractivity contribution < 1.29 is 19.4 Å². The third-order valence-electron chi connectivity index (χ3n) is 5.86. The molecule has 3 N–H and O–H groups in total. The molecule has 1 amide bonds. The summed E-state index contributed by atoms with van der Waals surface area (Å²) >= 11 is 0. The van der Waals surface area contributed by atoms with Gasteiger partial charge in [-0.2, -0.15) is 0 Å². The fourth-order valence-electron chi connectivity index (χ4n) is 4.09. The average molecular weight is 519 g/mol. The van der Waals surface area contributed by atoms with Gasteiger partial charge < -0.3 is 34.8 Å². The van der Waals surface area contributed by atoms with E-state index in [-0.39, 0.29) is 23.4 Å². The number of anilines is 3. The lowest BCUT2D eigenvalue weighted by atomic mass is 9.98. The zero-order valence-corrected chi connectivity index (χ0v) is 21.5. The molecule has 1 aliphatic heterocycles. The first-order valence-electron chi connectivity index (χ1n) is 12.2. The fourth-order valence-corrected chi connectivity index (χ4v) is 4.09. The Kier molecular flexibility index (Phi) is 7.76. The van der Waals surface area contributed by atoms with E-state index in [1.807, 2.05) is 20.8 Å². The summed E-state index contributed by atoms with van der Waals surface area (Å²) in [4.78, 5) is 41.6. The average Bonchev–Trinajstić information content (AvgIpc) is 3.38. The number of rotatable bonds is 7. The number of nitrogens with one attached hydrogen (secondary N) is 2. The molecule has 0 aromatic carbocycles. The Bertz CT molecular complexity index is 1340. The van der Waals surface area contributed by atoms with Gasteiger partial charge in [0.1, 0.15) is 11.4 Å². The van der Waals surface area contributed by atoms with Gasteiger partial charge in [-0.25, -0.2) is 19.6 Å². The Labute approximate surface area is 220 Å². The Morgan fingerprint density at radius 1 is 1.21 bits per heavy atom. The normalized spacial score (nSPS) is 15.4. The molecule has 0 spiro atoms. The SMILES string of the molecule is [C-]#[N+]c1cnc(Nc2cc(NCC3CCCN(C(=O)OC(C)(C)C)C3)c(-n3ccc(C(=O)O)c3)cn2)cn1. The maximum Gasteiger partial charge on any atom is 0.410 e. The van der Waals surface area contributed by atoms with Crippen LogP contribution < -0.4 is 10.6 Å². The zero-order valence-electron chi connectivity index (χ0n) is 21.5. The molecule has 1 unspecified atom stereocenters. The molecule has 1 atom stereocenters. The minimum atomic E-state index is -1.02. The number of carbonyl (C=O) groups excluding carboxylic acids is 1. The van der Waals surface area contributed by atoms with E-state index in [0.29, 0.717) is 37.0 Å². The summed E-state index contributed by atoms with van der Waals surface area (Å²) in [7, 11) is 0. The number of hydrogen-bond acceptors (Lipinski definition) is 8. The summed E-state index contributed by atoms with van der Waals surface area (Å²) in [5.41, 5.74) is 0.991. The summed E-state index contributed by atoms with van der Waals surface area (Å²) < 4.78 is 7.24. The number of carboxylic acids is 1. The fraction of sp³-hybridized carbons (Fsp3) is 0.385. The molecular formula is C26H30N8O4. The van der Waals surface area contributed by atoms with E-state index >= 15 is 0 Å². The van der Waals surface area contributed by atoms with Crippen molar-refractivity contribution in [2.24, 2.45) is 5.92 Å². The molecule has 38 heavy (non-hydrogen) atoms. The van der Waals surface area contributed by atoms with E-state index in [4.69, 9.17) is 11.3 Å². The quantitative estimate of drug-likeness (QED) is 0.379. The van der Waals surface area contributed by atoms with Crippen molar-refractivity contribution in [3.8, 4) is 5.69 Å². The number of carboxylic acid groups (broad SMARTS) is 1. The Hall–Kier alpha value is -4.66. The monoisotopic (exact) mass is 518 g/mol. The number of amides is 1. The van der Waals surface area contributed by atoms with E-state index in [1.165, 1.54) is 24.7 Å². The number of likely N-dealkylation sites (tertiary alicyclic amines) is 1. The Morgan fingerprint density at radius 2 is 2.00 bits per heavy atom. The van der Waals surface area contributed by atoms with Crippen molar-refractivity contribution in [3.05, 3.63) is 60.1 Å². The third kappa shape index (κ3) is 6.76. The van der Waals surface area contributed by atoms with Crippen LogP contribution in [0.25, 0.3) is 10.5 Å². The van der Waals surface area contributed by atoms with Crippen LogP contribution in [0.5, 0.6) is 0 Å². The van der Waals surface area contributed by atoms with Crippen LogP contribution >= 0.6 is 0 Å². The topological polar surface area (TPSA) is 139 Å². The number of carbonyl (C=O) groups is 2. The van der Waals surface area contributed by atoms with E-state index < -0.39 is 11.6 Å². The first-order valence-corrected chi connectivity index (χ1v) is 12.2. The van der Waals surface area contributed by atoms with Gasteiger partial charge in [0.25, 0.3) is 5.82 Å². The second-order valence-electron chi connectivity index (χ2n) is 10.0. The molecule has 3 aromatic heterocycles. The zero-order chi connectivity index (χ0) is 27.3. The third-order valence-corrected chi connectivity index (χ3v) is 5.86. The maximum absolute atomic E-state index is 12.6. The number of piperidine rings is 1. The first-order chi connectivity index (χ1) is 18.1. The summed E-state index contributed by atoms with van der Waals surface area (Å²) in [6, 6.07) is 3.32. The smallest absolute Gasteiger partial charge is 0.410 e. The van der Waals surface area contributed by atoms with E-state index in [2.05, 4.69) is 30.4 Å². The van der Waals surface area contributed by atoms with Gasteiger partial charge in [0, 0.05) is 38.1 Å². The van der Waals surface area contributed by atoms with Crippen LogP contribution in [0.15, 0.2) is 43.1 Å². The van der Waals surface area contributed by atoms with Crippen LogP contribution in [0.2, 0.25) is 0 Å². The molecule has 1 aliphatic rings. The maximum atomic E-state index is 12.6. The van der Waals surface area contributed by atoms with Gasteiger partial charge in [-0.05, 0) is 45.6 Å². The van der Waals surface area contributed by atoms with Crippen LogP contribution in [0.1, 0.15) is 44.0 Å². The van der Waals surface area contributed by atoms with Crippen molar-refractivity contribution in [1.82, 2.24) is 24.4 Å². The van der Waals surface area contributed by atoms with Gasteiger partial charge in [0.15, 0.2) is 12.0 Å². The molecule has 12 nitrogen and oxygen atoms in total. The molecule has 4 rings (SSSR count). The molecule has 4 heterocycles. The molecule has 0 aliphatic carbocycles. The molecule has 0 radical (unpaired) electrons. The highest BCUT2D eigenvalue weighted by atomic mass is 16.6. The highest BCUT2D eigenvalue weighted by Crippen LogP contribution is 2.27. The predicted octanol–water partition coefficient (Wildman–Crippen LogP) is 4.71. The van der Waals surface area contributed by atoms with Crippen LogP contribution in [0.4, 0.5) is 27.9 Å². The molecule has 0 bridgehead atoms. The number of hydrogen-bond donors (Lipinski definition) is 3. The highest BCUT2D eigenvalue weighted by molar-refractivity contribution is 5.87. The molecule has 1 saturated heterocycles. The lowest BCUT2D eigenvalue weighted by Crippen LogP contribution is -2.44. The van der Waals surface area contributed by atoms with Gasteiger partial charge in [-0.1, -0.05) is 6.57 Å². The van der Waals surface area contributed by atoms with Crippen LogP contribution in [0.3, 0.4) is 0 Å². The minimum absolute atomic E-state index is 0.161. The molecular weight excluding hydrogens is 488 g/mol. The van der Waals surface area contributed by atoms with Gasteiger partial charge in [-0.3, -0.25) is 0 Å². The van der Waals surface area contributed by atoms with Gasteiger partial charge in [0.05, 0.1) is 29.3 Å². The minimum Gasteiger partial charge on any atom is -0.478 e. The second kappa shape index (κ2) is 11.2.